The van der Waals surface area contributed by atoms with Gasteiger partial charge < -0.3 is 11.1 Å². The summed E-state index contributed by atoms with van der Waals surface area (Å²) in [5, 5.41) is 2.71. The van der Waals surface area contributed by atoms with E-state index in [2.05, 4.69) is 15.3 Å². The Hall–Kier alpha value is -2.98. The number of nitrogens with zero attached hydrogens (tertiary/aromatic N) is 4. The average Bonchev–Trinajstić information content (AvgIpc) is 3.02. The second-order valence-electron chi connectivity index (χ2n) is 6.67. The minimum Gasteiger partial charge on any atom is -0.384 e. The van der Waals surface area contributed by atoms with E-state index in [0.717, 1.165) is 11.2 Å². The average molecular weight is 400 g/mol. The number of nitrogens with two attached hydrogens (primary N) is 1. The summed E-state index contributed by atoms with van der Waals surface area (Å²) in [4.78, 5) is 23.4. The van der Waals surface area contributed by atoms with Crippen LogP contribution >= 0.6 is 0 Å². The van der Waals surface area contributed by atoms with Crippen LogP contribution in [-0.2, 0) is 16.4 Å². The van der Waals surface area contributed by atoms with Crippen molar-refractivity contribution in [3.05, 3.63) is 54.1 Å². The Morgan fingerprint density at radius 2 is 1.89 bits per heavy atom. The molecule has 3 N–H and O–H groups in total. The fourth-order valence-corrected chi connectivity index (χ4v) is 4.47. The van der Waals surface area contributed by atoms with Crippen molar-refractivity contribution in [3.8, 4) is 0 Å². The molecule has 1 aliphatic heterocycles. The molecule has 0 radical (unpaired) electrons. The molecular weight excluding hydrogens is 380 g/mol. The molecule has 0 saturated carbocycles. The first kappa shape index (κ1) is 18.4. The number of aromatic nitrogens is 3. The molecule has 0 spiro atoms. The van der Waals surface area contributed by atoms with Crippen molar-refractivity contribution in [2.45, 2.75) is 6.54 Å². The van der Waals surface area contributed by atoms with E-state index in [1.807, 2.05) is 23.1 Å². The van der Waals surface area contributed by atoms with Gasteiger partial charge in [-0.05, 0) is 24.3 Å². The molecule has 0 atom stereocenters. The Morgan fingerprint density at radius 3 is 2.64 bits per heavy atom. The van der Waals surface area contributed by atoms with Crippen molar-refractivity contribution in [2.75, 3.05) is 35.6 Å². The highest BCUT2D eigenvalue weighted by atomic mass is 32.2. The van der Waals surface area contributed by atoms with Crippen molar-refractivity contribution in [2.24, 2.45) is 0 Å². The van der Waals surface area contributed by atoms with Crippen LogP contribution in [0.15, 0.2) is 42.6 Å². The Bertz CT molecular complexity index is 1130. The van der Waals surface area contributed by atoms with Gasteiger partial charge in [0.15, 0.2) is 9.84 Å². The van der Waals surface area contributed by atoms with E-state index in [4.69, 9.17) is 5.73 Å². The molecule has 10 heteroatoms. The van der Waals surface area contributed by atoms with Crippen molar-refractivity contribution in [1.29, 1.82) is 0 Å². The molecule has 4 heterocycles. The summed E-state index contributed by atoms with van der Waals surface area (Å²) in [5.74, 6) is 0.790. The van der Waals surface area contributed by atoms with E-state index >= 15 is 0 Å². The molecule has 0 bridgehead atoms. The van der Waals surface area contributed by atoms with Crippen LogP contribution in [0.25, 0.3) is 5.52 Å². The number of carbonyl (C=O) groups is 1. The third-order valence-corrected chi connectivity index (χ3v) is 6.26. The van der Waals surface area contributed by atoms with E-state index in [0.29, 0.717) is 31.3 Å². The van der Waals surface area contributed by atoms with Gasteiger partial charge in [-0.15, -0.1) is 0 Å². The number of anilines is 2. The smallest absolute Gasteiger partial charge is 0.293 e. The largest absolute Gasteiger partial charge is 0.384 e. The number of pyridine rings is 2. The standard InChI is InChI=1S/C18H20N6O3S/c19-15-5-3-6-16(21-15)22-18(25)17-20-13(14-4-1-2-7-24(14)17)12-23-8-10-28(26,27)11-9-23/h1-7H,8-12H2,(H3,19,21,22,25). The first-order valence-corrected chi connectivity index (χ1v) is 10.7. The van der Waals surface area contributed by atoms with Crippen LogP contribution in [0, 0.1) is 0 Å². The fraction of sp³-hybridized carbons (Fsp3) is 0.278. The molecule has 1 saturated heterocycles. The van der Waals surface area contributed by atoms with Gasteiger partial charge in [0.2, 0.25) is 5.82 Å². The summed E-state index contributed by atoms with van der Waals surface area (Å²) in [6.45, 7) is 1.40. The predicted molar refractivity (Wildman–Crippen MR) is 106 cm³/mol. The summed E-state index contributed by atoms with van der Waals surface area (Å²) >= 11 is 0. The van der Waals surface area contributed by atoms with Gasteiger partial charge in [0.25, 0.3) is 5.91 Å². The Kier molecular flexibility index (Phi) is 4.73. The van der Waals surface area contributed by atoms with Gasteiger partial charge in [-0.25, -0.2) is 18.4 Å². The highest BCUT2D eigenvalue weighted by molar-refractivity contribution is 7.91. The SMILES string of the molecule is Nc1cccc(NC(=O)c2nc(CN3CCS(=O)(=O)CC3)c3ccccn23)n1. The number of hydrogen-bond donors (Lipinski definition) is 2. The first-order chi connectivity index (χ1) is 13.4. The summed E-state index contributed by atoms with van der Waals surface area (Å²) in [7, 11) is -2.95. The molecule has 0 aromatic carbocycles. The number of nitrogen functional groups attached to an aromatic ring is 1. The number of hydrogen-bond acceptors (Lipinski definition) is 7. The molecule has 1 fully saturated rings. The lowest BCUT2D eigenvalue weighted by atomic mass is 10.3. The number of nitrogens with one attached hydrogen (secondary N) is 1. The van der Waals surface area contributed by atoms with Crippen molar-refractivity contribution < 1.29 is 13.2 Å². The maximum absolute atomic E-state index is 12.8. The zero-order valence-electron chi connectivity index (χ0n) is 15.1. The summed E-state index contributed by atoms with van der Waals surface area (Å²) in [6.07, 6.45) is 1.77. The Labute approximate surface area is 162 Å². The third kappa shape index (κ3) is 3.82. The van der Waals surface area contributed by atoms with Crippen molar-refractivity contribution >= 4 is 32.9 Å². The van der Waals surface area contributed by atoms with Crippen LogP contribution in [-0.4, -0.2) is 58.2 Å². The normalized spacial score (nSPS) is 16.9. The maximum atomic E-state index is 12.8. The second kappa shape index (κ2) is 7.21. The quantitative estimate of drug-likeness (QED) is 0.664. The molecule has 1 aliphatic rings. The molecule has 3 aromatic heterocycles. The van der Waals surface area contributed by atoms with E-state index in [1.165, 1.54) is 0 Å². The van der Waals surface area contributed by atoms with Gasteiger partial charge >= 0.3 is 0 Å². The maximum Gasteiger partial charge on any atom is 0.293 e. The molecule has 3 aromatic rings. The summed E-state index contributed by atoms with van der Waals surface area (Å²) in [6, 6.07) is 10.6. The lowest BCUT2D eigenvalue weighted by Gasteiger charge is -2.25. The second-order valence-corrected chi connectivity index (χ2v) is 8.97. The number of sulfone groups is 1. The minimum absolute atomic E-state index is 0.146. The van der Waals surface area contributed by atoms with Gasteiger partial charge in [-0.3, -0.25) is 14.1 Å². The monoisotopic (exact) mass is 400 g/mol. The molecule has 9 nitrogen and oxygen atoms in total. The van der Waals surface area contributed by atoms with Crippen molar-refractivity contribution in [3.63, 3.8) is 0 Å². The first-order valence-electron chi connectivity index (χ1n) is 8.84. The number of fused-ring (bicyclic) bond motifs is 1. The number of imidazole rings is 1. The molecule has 0 aliphatic carbocycles. The van der Waals surface area contributed by atoms with Gasteiger partial charge in [0, 0.05) is 25.8 Å². The van der Waals surface area contributed by atoms with Crippen LogP contribution in [0.3, 0.4) is 0 Å². The lowest BCUT2D eigenvalue weighted by molar-refractivity contribution is 0.101. The van der Waals surface area contributed by atoms with Crippen LogP contribution < -0.4 is 11.1 Å². The topological polar surface area (TPSA) is 123 Å². The number of amides is 1. The van der Waals surface area contributed by atoms with Crippen LogP contribution in [0.1, 0.15) is 16.3 Å². The van der Waals surface area contributed by atoms with Crippen LogP contribution in [0.4, 0.5) is 11.6 Å². The van der Waals surface area contributed by atoms with Gasteiger partial charge in [0.05, 0.1) is 22.7 Å². The third-order valence-electron chi connectivity index (χ3n) is 4.65. The molecular formula is C18H20N6O3S. The fourth-order valence-electron chi connectivity index (χ4n) is 3.19. The highest BCUT2D eigenvalue weighted by Crippen LogP contribution is 2.18. The van der Waals surface area contributed by atoms with Gasteiger partial charge in [-0.2, -0.15) is 0 Å². The van der Waals surface area contributed by atoms with Gasteiger partial charge in [-0.1, -0.05) is 12.1 Å². The Morgan fingerprint density at radius 1 is 1.11 bits per heavy atom. The molecule has 0 unspecified atom stereocenters. The molecule has 28 heavy (non-hydrogen) atoms. The molecule has 146 valence electrons. The summed E-state index contributed by atoms with van der Waals surface area (Å²) < 4.78 is 25.0. The van der Waals surface area contributed by atoms with E-state index in [1.54, 1.807) is 28.8 Å². The van der Waals surface area contributed by atoms with Crippen LogP contribution in [0.2, 0.25) is 0 Å². The molecule has 4 rings (SSSR count). The van der Waals surface area contributed by atoms with Crippen LogP contribution in [0.5, 0.6) is 0 Å². The lowest BCUT2D eigenvalue weighted by Crippen LogP contribution is -2.39. The zero-order chi connectivity index (χ0) is 19.7. The van der Waals surface area contributed by atoms with Gasteiger partial charge in [0.1, 0.15) is 11.6 Å². The Balaban J connectivity index is 1.60. The van der Waals surface area contributed by atoms with E-state index in [9.17, 15) is 13.2 Å². The number of carbonyl (C=O) groups excluding carboxylic acids is 1. The van der Waals surface area contributed by atoms with E-state index < -0.39 is 15.7 Å². The van der Waals surface area contributed by atoms with E-state index in [-0.39, 0.29) is 17.3 Å². The summed E-state index contributed by atoms with van der Waals surface area (Å²) in [5.41, 5.74) is 7.19. The highest BCUT2D eigenvalue weighted by Gasteiger charge is 2.24. The number of rotatable bonds is 4. The minimum atomic E-state index is -2.95. The predicted octanol–water partition coefficient (Wildman–Crippen LogP) is 0.794. The molecule has 1 amide bonds. The zero-order valence-corrected chi connectivity index (χ0v) is 15.9. The van der Waals surface area contributed by atoms with Crippen molar-refractivity contribution in [1.82, 2.24) is 19.3 Å².